The molecule has 2 atom stereocenters. The van der Waals surface area contributed by atoms with Crippen molar-refractivity contribution in [2.45, 2.75) is 30.6 Å². The Morgan fingerprint density at radius 3 is 2.64 bits per heavy atom. The van der Waals surface area contributed by atoms with Gasteiger partial charge in [-0.25, -0.2) is 0 Å². The van der Waals surface area contributed by atoms with Gasteiger partial charge in [-0.15, -0.1) is 0 Å². The minimum atomic E-state index is -0.585. The van der Waals surface area contributed by atoms with E-state index in [9.17, 15) is 5.11 Å². The van der Waals surface area contributed by atoms with Crippen molar-refractivity contribution in [1.82, 2.24) is 0 Å². The van der Waals surface area contributed by atoms with E-state index < -0.39 is 5.60 Å². The standard InChI is InChI=1S/C12H16OS/c1-10-7-8-12(13,9-14-10)11-5-3-2-4-6-11/h2-6,10,13H,7-9H2,1H3/t10-,12-/m1/s1. The van der Waals surface area contributed by atoms with Gasteiger partial charge >= 0.3 is 0 Å². The highest BCUT2D eigenvalue weighted by atomic mass is 32.2. The first-order valence-corrected chi connectivity index (χ1v) is 6.15. The number of hydrogen-bond donors (Lipinski definition) is 1. The van der Waals surface area contributed by atoms with Gasteiger partial charge in [-0.3, -0.25) is 0 Å². The minimum absolute atomic E-state index is 0.585. The van der Waals surface area contributed by atoms with Gasteiger partial charge in [0.05, 0.1) is 5.60 Å². The van der Waals surface area contributed by atoms with Crippen LogP contribution < -0.4 is 0 Å². The Morgan fingerprint density at radius 2 is 2.07 bits per heavy atom. The van der Waals surface area contributed by atoms with Crippen LogP contribution in [0.25, 0.3) is 0 Å². The molecule has 1 fully saturated rings. The second-order valence-corrected chi connectivity index (χ2v) is 5.48. The summed E-state index contributed by atoms with van der Waals surface area (Å²) in [5, 5.41) is 11.1. The van der Waals surface area contributed by atoms with Crippen LogP contribution in [-0.2, 0) is 5.60 Å². The van der Waals surface area contributed by atoms with E-state index in [1.54, 1.807) is 0 Å². The Morgan fingerprint density at radius 1 is 1.36 bits per heavy atom. The summed E-state index contributed by atoms with van der Waals surface area (Å²) in [6, 6.07) is 10.0. The molecule has 14 heavy (non-hydrogen) atoms. The summed E-state index contributed by atoms with van der Waals surface area (Å²) in [5.41, 5.74) is 0.484. The summed E-state index contributed by atoms with van der Waals surface area (Å²) in [6.07, 6.45) is 2.00. The molecule has 0 aliphatic carbocycles. The minimum Gasteiger partial charge on any atom is -0.384 e. The molecule has 2 rings (SSSR count). The zero-order valence-electron chi connectivity index (χ0n) is 8.44. The Hall–Kier alpha value is -0.470. The number of hydrogen-bond acceptors (Lipinski definition) is 2. The van der Waals surface area contributed by atoms with Crippen LogP contribution in [0.4, 0.5) is 0 Å². The van der Waals surface area contributed by atoms with Crippen LogP contribution in [-0.4, -0.2) is 16.1 Å². The summed E-state index contributed by atoms with van der Waals surface area (Å²) in [6.45, 7) is 2.23. The molecule has 0 aromatic heterocycles. The van der Waals surface area contributed by atoms with Crippen LogP contribution in [0.3, 0.4) is 0 Å². The third-order valence-corrected chi connectivity index (χ3v) is 4.33. The van der Waals surface area contributed by atoms with Crippen molar-refractivity contribution in [3.8, 4) is 0 Å². The highest BCUT2D eigenvalue weighted by molar-refractivity contribution is 7.99. The zero-order chi connectivity index (χ0) is 10.0. The third-order valence-electron chi connectivity index (χ3n) is 2.88. The molecule has 0 saturated carbocycles. The van der Waals surface area contributed by atoms with Crippen molar-refractivity contribution in [3.63, 3.8) is 0 Å². The lowest BCUT2D eigenvalue weighted by Gasteiger charge is -2.34. The molecule has 1 heterocycles. The Balaban J connectivity index is 2.17. The maximum Gasteiger partial charge on any atom is 0.0987 e. The molecule has 1 aliphatic rings. The average Bonchev–Trinajstić information content (AvgIpc) is 2.24. The zero-order valence-corrected chi connectivity index (χ0v) is 9.26. The molecular weight excluding hydrogens is 192 g/mol. The van der Waals surface area contributed by atoms with Gasteiger partial charge in [-0.05, 0) is 18.4 Å². The fourth-order valence-electron chi connectivity index (χ4n) is 1.85. The summed E-state index contributed by atoms with van der Waals surface area (Å²) in [5.74, 6) is 0.832. The molecule has 1 aromatic carbocycles. The molecule has 1 nitrogen and oxygen atoms in total. The molecule has 0 unspecified atom stereocenters. The van der Waals surface area contributed by atoms with Gasteiger partial charge in [-0.2, -0.15) is 11.8 Å². The van der Waals surface area contributed by atoms with Gasteiger partial charge in [0.15, 0.2) is 0 Å². The van der Waals surface area contributed by atoms with Crippen LogP contribution in [0.1, 0.15) is 25.3 Å². The monoisotopic (exact) mass is 208 g/mol. The lowest BCUT2D eigenvalue weighted by atomic mass is 9.90. The molecule has 0 spiro atoms. The molecule has 1 aliphatic heterocycles. The summed E-state index contributed by atoms with van der Waals surface area (Å²) < 4.78 is 0. The van der Waals surface area contributed by atoms with E-state index in [0.29, 0.717) is 5.25 Å². The van der Waals surface area contributed by atoms with Gasteiger partial charge in [0.1, 0.15) is 0 Å². The highest BCUT2D eigenvalue weighted by Crippen LogP contribution is 2.38. The van der Waals surface area contributed by atoms with E-state index in [0.717, 1.165) is 24.2 Å². The molecule has 76 valence electrons. The molecular formula is C12H16OS. The highest BCUT2D eigenvalue weighted by Gasteiger charge is 2.33. The molecule has 0 radical (unpaired) electrons. The first-order chi connectivity index (χ1) is 6.71. The summed E-state index contributed by atoms with van der Waals surface area (Å²) in [7, 11) is 0. The first-order valence-electron chi connectivity index (χ1n) is 5.10. The molecule has 1 aromatic rings. The van der Waals surface area contributed by atoms with Crippen LogP contribution >= 0.6 is 11.8 Å². The van der Waals surface area contributed by atoms with Crippen LogP contribution in [0.2, 0.25) is 0 Å². The molecule has 0 amide bonds. The number of thioether (sulfide) groups is 1. The molecule has 2 heteroatoms. The Kier molecular flexibility index (Phi) is 2.84. The Bertz CT molecular complexity index is 288. The lowest BCUT2D eigenvalue weighted by Crippen LogP contribution is -2.33. The maximum absolute atomic E-state index is 10.4. The summed E-state index contributed by atoms with van der Waals surface area (Å²) in [4.78, 5) is 0. The maximum atomic E-state index is 10.4. The SMILES string of the molecule is C[C@@H]1CC[C@](O)(c2ccccc2)CS1. The van der Waals surface area contributed by atoms with E-state index in [4.69, 9.17) is 0 Å². The van der Waals surface area contributed by atoms with Crippen molar-refractivity contribution in [1.29, 1.82) is 0 Å². The molecule has 0 bridgehead atoms. The molecule has 1 saturated heterocycles. The molecule has 1 N–H and O–H groups in total. The predicted molar refractivity (Wildman–Crippen MR) is 61.5 cm³/mol. The van der Waals surface area contributed by atoms with Crippen LogP contribution in [0.15, 0.2) is 30.3 Å². The van der Waals surface area contributed by atoms with E-state index >= 15 is 0 Å². The van der Waals surface area contributed by atoms with Crippen molar-refractivity contribution in [2.75, 3.05) is 5.75 Å². The van der Waals surface area contributed by atoms with Crippen molar-refractivity contribution >= 4 is 11.8 Å². The fraction of sp³-hybridized carbons (Fsp3) is 0.500. The lowest BCUT2D eigenvalue weighted by molar-refractivity contribution is 0.0471. The van der Waals surface area contributed by atoms with Crippen LogP contribution in [0.5, 0.6) is 0 Å². The fourth-order valence-corrected chi connectivity index (χ4v) is 3.01. The van der Waals surface area contributed by atoms with Gasteiger partial charge in [0.25, 0.3) is 0 Å². The smallest absolute Gasteiger partial charge is 0.0987 e. The van der Waals surface area contributed by atoms with Crippen molar-refractivity contribution < 1.29 is 5.11 Å². The Labute approximate surface area is 89.5 Å². The topological polar surface area (TPSA) is 20.2 Å². The average molecular weight is 208 g/mol. The van der Waals surface area contributed by atoms with Gasteiger partial charge < -0.3 is 5.11 Å². The van der Waals surface area contributed by atoms with Crippen molar-refractivity contribution in [2.24, 2.45) is 0 Å². The summed E-state index contributed by atoms with van der Waals surface area (Å²) >= 11 is 1.87. The van der Waals surface area contributed by atoms with E-state index in [-0.39, 0.29) is 0 Å². The first kappa shape index (κ1) is 10.1. The number of aliphatic hydroxyl groups is 1. The van der Waals surface area contributed by atoms with E-state index in [1.165, 1.54) is 0 Å². The van der Waals surface area contributed by atoms with E-state index in [1.807, 2.05) is 42.1 Å². The predicted octanol–water partition coefficient (Wildman–Crippen LogP) is 2.79. The van der Waals surface area contributed by atoms with Crippen LogP contribution in [0, 0.1) is 0 Å². The van der Waals surface area contributed by atoms with Gasteiger partial charge in [0.2, 0.25) is 0 Å². The number of rotatable bonds is 1. The second-order valence-electron chi connectivity index (χ2n) is 4.06. The third kappa shape index (κ3) is 1.96. The van der Waals surface area contributed by atoms with E-state index in [2.05, 4.69) is 6.92 Å². The number of benzene rings is 1. The largest absolute Gasteiger partial charge is 0.384 e. The van der Waals surface area contributed by atoms with Crippen molar-refractivity contribution in [3.05, 3.63) is 35.9 Å². The quantitative estimate of drug-likeness (QED) is 0.766. The normalized spacial score (nSPS) is 32.9. The van der Waals surface area contributed by atoms with Gasteiger partial charge in [0, 0.05) is 11.0 Å². The van der Waals surface area contributed by atoms with Gasteiger partial charge in [-0.1, -0.05) is 37.3 Å². The second kappa shape index (κ2) is 3.95.